The summed E-state index contributed by atoms with van der Waals surface area (Å²) >= 11 is 0. The second-order valence-electron chi connectivity index (χ2n) is 3.43. The molecule has 0 amide bonds. The van der Waals surface area contributed by atoms with Gasteiger partial charge in [-0.15, -0.1) is 0 Å². The van der Waals surface area contributed by atoms with Crippen LogP contribution in [0, 0.1) is 0 Å². The highest BCUT2D eigenvalue weighted by molar-refractivity contribution is 6.39. The van der Waals surface area contributed by atoms with Crippen molar-refractivity contribution in [1.82, 2.24) is 0 Å². The molecule has 0 bridgehead atoms. The maximum atomic E-state index is 2.36. The van der Waals surface area contributed by atoms with E-state index in [4.69, 9.17) is 0 Å². The van der Waals surface area contributed by atoms with Gasteiger partial charge < -0.3 is 0 Å². The molecule has 1 atom stereocenters. The summed E-state index contributed by atoms with van der Waals surface area (Å²) in [4.78, 5) is 0. The van der Waals surface area contributed by atoms with Crippen molar-refractivity contribution in [2.24, 2.45) is 0 Å². The van der Waals surface area contributed by atoms with E-state index in [1.807, 2.05) is 0 Å². The lowest BCUT2D eigenvalue weighted by atomic mass is 9.53. The molecule has 0 spiro atoms. The van der Waals surface area contributed by atoms with Crippen LogP contribution in [0.2, 0.25) is 11.6 Å². The predicted molar refractivity (Wildman–Crippen MR) is 51.2 cm³/mol. The van der Waals surface area contributed by atoms with Crippen LogP contribution in [0.25, 0.3) is 0 Å². The van der Waals surface area contributed by atoms with Gasteiger partial charge in [0, 0.05) is 0 Å². The molecule has 0 aromatic rings. The standard InChI is InChI=1S/C9H21B/c1-5-8(4)10-9(6-2)7-3/h8-10H,5-7H2,1-4H3/t8-/m0/s1. The molecule has 0 unspecified atom stereocenters. The van der Waals surface area contributed by atoms with Crippen LogP contribution in [0.1, 0.15) is 47.0 Å². The molecule has 1 heteroatoms. The van der Waals surface area contributed by atoms with E-state index in [0.29, 0.717) is 0 Å². The Bertz CT molecular complexity index is 67.1. The van der Waals surface area contributed by atoms with E-state index in [1.165, 1.54) is 26.5 Å². The van der Waals surface area contributed by atoms with Gasteiger partial charge in [0.1, 0.15) is 7.28 Å². The quantitative estimate of drug-likeness (QED) is 0.514. The minimum absolute atomic E-state index is 0.935. The Hall–Kier alpha value is 0.0649. The Labute approximate surface area is 66.6 Å². The summed E-state index contributed by atoms with van der Waals surface area (Å²) in [6.07, 6.45) is 4.07. The Morgan fingerprint density at radius 3 is 1.80 bits per heavy atom. The van der Waals surface area contributed by atoms with E-state index in [0.717, 1.165) is 11.6 Å². The molecule has 0 nitrogen and oxygen atoms in total. The Kier molecular flexibility index (Phi) is 5.86. The SMILES string of the molecule is CCC(B[C@@H](C)CC)CC. The Morgan fingerprint density at radius 1 is 1.00 bits per heavy atom. The van der Waals surface area contributed by atoms with Crippen LogP contribution >= 0.6 is 0 Å². The van der Waals surface area contributed by atoms with Gasteiger partial charge in [0.2, 0.25) is 0 Å². The van der Waals surface area contributed by atoms with Crippen LogP contribution in [0.15, 0.2) is 0 Å². The van der Waals surface area contributed by atoms with Crippen LogP contribution in [-0.2, 0) is 0 Å². The largest absolute Gasteiger partial charge is 0.127 e. The van der Waals surface area contributed by atoms with Gasteiger partial charge in [-0.2, -0.15) is 0 Å². The minimum Gasteiger partial charge on any atom is -0.0694 e. The van der Waals surface area contributed by atoms with Gasteiger partial charge >= 0.3 is 0 Å². The van der Waals surface area contributed by atoms with Gasteiger partial charge in [-0.1, -0.05) is 58.6 Å². The molecule has 0 aliphatic heterocycles. The van der Waals surface area contributed by atoms with Crippen molar-refractivity contribution in [1.29, 1.82) is 0 Å². The summed E-state index contributed by atoms with van der Waals surface area (Å²) in [5.74, 6) is 1.92. The van der Waals surface area contributed by atoms with E-state index >= 15 is 0 Å². The van der Waals surface area contributed by atoms with E-state index < -0.39 is 0 Å². The molecule has 0 N–H and O–H groups in total. The topological polar surface area (TPSA) is 0 Å². The zero-order chi connectivity index (χ0) is 7.98. The first kappa shape index (κ1) is 10.1. The summed E-state index contributed by atoms with van der Waals surface area (Å²) < 4.78 is 0. The first-order valence-electron chi connectivity index (χ1n) is 4.74. The predicted octanol–water partition coefficient (Wildman–Crippen LogP) is 3.25. The maximum absolute atomic E-state index is 2.36. The maximum Gasteiger partial charge on any atom is 0.127 e. The van der Waals surface area contributed by atoms with Crippen LogP contribution in [0.3, 0.4) is 0 Å². The molecular formula is C9H21B. The third-order valence-electron chi connectivity index (χ3n) is 2.59. The Balaban J connectivity index is 3.41. The van der Waals surface area contributed by atoms with Crippen LogP contribution in [-0.4, -0.2) is 7.28 Å². The van der Waals surface area contributed by atoms with Gasteiger partial charge in [0.05, 0.1) is 0 Å². The van der Waals surface area contributed by atoms with Crippen molar-refractivity contribution in [3.8, 4) is 0 Å². The normalized spacial score (nSPS) is 13.7. The van der Waals surface area contributed by atoms with E-state index in [9.17, 15) is 0 Å². The van der Waals surface area contributed by atoms with E-state index in [-0.39, 0.29) is 0 Å². The smallest absolute Gasteiger partial charge is 0.0694 e. The summed E-state index contributed by atoms with van der Waals surface area (Å²) in [6, 6.07) is 0. The monoisotopic (exact) mass is 140 g/mol. The van der Waals surface area contributed by atoms with Gasteiger partial charge in [-0.25, -0.2) is 0 Å². The average Bonchev–Trinajstić information content (AvgIpc) is 1.99. The Morgan fingerprint density at radius 2 is 1.50 bits per heavy atom. The van der Waals surface area contributed by atoms with Gasteiger partial charge in [0.25, 0.3) is 0 Å². The molecule has 0 saturated heterocycles. The molecular weight excluding hydrogens is 119 g/mol. The fourth-order valence-corrected chi connectivity index (χ4v) is 1.36. The number of rotatable bonds is 5. The summed E-state index contributed by atoms with van der Waals surface area (Å²) in [7, 11) is 1.43. The number of hydrogen-bond donors (Lipinski definition) is 0. The highest BCUT2D eigenvalue weighted by Gasteiger charge is 2.09. The molecule has 0 aliphatic rings. The third-order valence-corrected chi connectivity index (χ3v) is 2.59. The van der Waals surface area contributed by atoms with Gasteiger partial charge in [0.15, 0.2) is 0 Å². The lowest BCUT2D eigenvalue weighted by molar-refractivity contribution is 0.732. The van der Waals surface area contributed by atoms with Crippen LogP contribution in [0.5, 0.6) is 0 Å². The van der Waals surface area contributed by atoms with Crippen molar-refractivity contribution >= 4 is 7.28 Å². The van der Waals surface area contributed by atoms with Gasteiger partial charge in [-0.3, -0.25) is 0 Å². The van der Waals surface area contributed by atoms with Crippen LogP contribution in [0.4, 0.5) is 0 Å². The molecule has 0 aromatic carbocycles. The van der Waals surface area contributed by atoms with E-state index in [2.05, 4.69) is 27.7 Å². The average molecular weight is 140 g/mol. The fourth-order valence-electron chi connectivity index (χ4n) is 1.36. The lowest BCUT2D eigenvalue weighted by Crippen LogP contribution is -2.06. The summed E-state index contributed by atoms with van der Waals surface area (Å²) in [6.45, 7) is 9.25. The molecule has 0 aromatic heterocycles. The molecule has 0 rings (SSSR count). The lowest BCUT2D eigenvalue weighted by Gasteiger charge is -2.14. The second-order valence-corrected chi connectivity index (χ2v) is 3.43. The fraction of sp³-hybridized carbons (Fsp3) is 1.00. The minimum atomic E-state index is 0.935. The van der Waals surface area contributed by atoms with Crippen LogP contribution < -0.4 is 0 Å². The summed E-state index contributed by atoms with van der Waals surface area (Å²) in [5.41, 5.74) is 0. The number of hydrogen-bond acceptors (Lipinski definition) is 0. The van der Waals surface area contributed by atoms with Gasteiger partial charge in [-0.05, 0) is 0 Å². The molecule has 10 heavy (non-hydrogen) atoms. The van der Waals surface area contributed by atoms with Crippen molar-refractivity contribution < 1.29 is 0 Å². The van der Waals surface area contributed by atoms with Crippen molar-refractivity contribution in [2.45, 2.75) is 58.6 Å². The first-order chi connectivity index (χ1) is 4.74. The highest BCUT2D eigenvalue weighted by atomic mass is 14.0. The molecule has 0 aliphatic carbocycles. The molecule has 0 saturated carbocycles. The molecule has 0 radical (unpaired) electrons. The molecule has 0 heterocycles. The zero-order valence-electron chi connectivity index (χ0n) is 7.98. The van der Waals surface area contributed by atoms with Crippen molar-refractivity contribution in [2.75, 3.05) is 0 Å². The van der Waals surface area contributed by atoms with E-state index in [1.54, 1.807) is 0 Å². The summed E-state index contributed by atoms with van der Waals surface area (Å²) in [5, 5.41) is 0. The molecule has 60 valence electrons. The first-order valence-corrected chi connectivity index (χ1v) is 4.74. The third kappa shape index (κ3) is 3.97. The van der Waals surface area contributed by atoms with Crippen molar-refractivity contribution in [3.63, 3.8) is 0 Å². The second kappa shape index (κ2) is 5.82. The molecule has 0 fully saturated rings. The zero-order valence-corrected chi connectivity index (χ0v) is 7.98. The van der Waals surface area contributed by atoms with Crippen molar-refractivity contribution in [3.05, 3.63) is 0 Å². The highest BCUT2D eigenvalue weighted by Crippen LogP contribution is 2.20.